The molecule has 0 aliphatic carbocycles. The number of rotatable bonds is 4. The third-order valence-electron chi connectivity index (χ3n) is 4.64. The van der Waals surface area contributed by atoms with E-state index >= 15 is 0 Å². The maximum Gasteiger partial charge on any atom is 0.144 e. The predicted molar refractivity (Wildman–Crippen MR) is 116 cm³/mol. The van der Waals surface area contributed by atoms with Gasteiger partial charge in [-0.2, -0.15) is 0 Å². The Morgan fingerprint density at radius 3 is 1.04 bits per heavy atom. The molecule has 2 heteroatoms. The minimum atomic E-state index is -1.98. The quantitative estimate of drug-likeness (QED) is 0.443. The first-order valence-electron chi connectivity index (χ1n) is 8.64. The van der Waals surface area contributed by atoms with E-state index in [1.165, 1.54) is 21.2 Å². The molecule has 0 aliphatic rings. The Hall–Kier alpha value is -2.40. The Balaban J connectivity index is 2.12. The number of benzene rings is 4. The largest absolute Gasteiger partial charge is 0.144 e. The van der Waals surface area contributed by atoms with Crippen molar-refractivity contribution in [3.63, 3.8) is 0 Å². The summed E-state index contributed by atoms with van der Waals surface area (Å²) in [5.74, 6) is 0. The van der Waals surface area contributed by atoms with Crippen LogP contribution in [0.1, 0.15) is 0 Å². The van der Waals surface area contributed by atoms with E-state index in [-0.39, 0.29) is 0 Å². The van der Waals surface area contributed by atoms with E-state index in [0.29, 0.717) is 0 Å². The summed E-state index contributed by atoms with van der Waals surface area (Å²) < 4.78 is 0. The molecule has 0 radical (unpaired) electrons. The van der Waals surface area contributed by atoms with Gasteiger partial charge in [0.1, 0.15) is 28.5 Å². The molecule has 0 spiro atoms. The fraction of sp³-hybridized carbons (Fsp3) is 0. The molecular weight excluding hydrogens is 355 g/mol. The van der Waals surface area contributed by atoms with Gasteiger partial charge in [0.2, 0.25) is 0 Å². The highest BCUT2D eigenvalue weighted by Crippen LogP contribution is 2.54. The van der Waals surface area contributed by atoms with Gasteiger partial charge in [-0.05, 0) is 60.7 Å². The van der Waals surface area contributed by atoms with E-state index in [9.17, 15) is 0 Å². The average molecular weight is 374 g/mol. The maximum absolute atomic E-state index is 6.21. The molecule has 26 heavy (non-hydrogen) atoms. The predicted octanol–water partition coefficient (Wildman–Crippen LogP) is 4.96. The van der Waals surface area contributed by atoms with Crippen molar-refractivity contribution in [3.05, 3.63) is 120 Å². The third-order valence-corrected chi connectivity index (χ3v) is 9.19. The molecule has 0 nitrogen and oxygen atoms in total. The second-order valence-corrected chi connectivity index (χ2v) is 10.00. The van der Waals surface area contributed by atoms with Gasteiger partial charge in [-0.3, -0.25) is 0 Å². The van der Waals surface area contributed by atoms with Crippen molar-refractivity contribution in [2.45, 2.75) is 0 Å². The topological polar surface area (TPSA) is 0 Å². The van der Waals surface area contributed by atoms with Crippen LogP contribution in [0.2, 0.25) is 5.02 Å². The first kappa shape index (κ1) is 17.0. The Labute approximate surface area is 160 Å². The van der Waals surface area contributed by atoms with Gasteiger partial charge in [-0.1, -0.05) is 66.2 Å². The Kier molecular flexibility index (Phi) is 4.89. The van der Waals surface area contributed by atoms with Crippen molar-refractivity contribution >= 4 is 40.1 Å². The van der Waals surface area contributed by atoms with Crippen LogP contribution in [0.3, 0.4) is 0 Å². The number of halogens is 1. The van der Waals surface area contributed by atoms with E-state index in [2.05, 4.69) is 103 Å². The van der Waals surface area contributed by atoms with Gasteiger partial charge < -0.3 is 0 Å². The smallest absolute Gasteiger partial charge is 0.0843 e. The van der Waals surface area contributed by atoms with E-state index in [1.54, 1.807) is 0 Å². The zero-order valence-corrected chi connectivity index (χ0v) is 15.9. The highest BCUT2D eigenvalue weighted by atomic mass is 35.5. The number of hydrogen-bond acceptors (Lipinski definition) is 0. The highest BCUT2D eigenvalue weighted by molar-refractivity contribution is 8.01. The molecule has 0 saturated heterocycles. The van der Waals surface area contributed by atoms with Crippen molar-refractivity contribution in [2.75, 3.05) is 0 Å². The second-order valence-electron chi connectivity index (χ2n) is 6.15. The van der Waals surface area contributed by atoms with Crippen LogP contribution < -0.4 is 21.2 Å². The highest BCUT2D eigenvalue weighted by Gasteiger charge is 2.47. The minimum Gasteiger partial charge on any atom is -0.0843 e. The maximum atomic E-state index is 6.21. The second kappa shape index (κ2) is 7.46. The summed E-state index contributed by atoms with van der Waals surface area (Å²) in [6.07, 6.45) is 0. The lowest BCUT2D eigenvalue weighted by Gasteiger charge is -2.27. The van der Waals surface area contributed by atoms with Gasteiger partial charge in [-0.15, -0.1) is 0 Å². The zero-order valence-electron chi connectivity index (χ0n) is 14.3. The molecule has 0 heterocycles. The molecule has 0 aromatic heterocycles. The summed E-state index contributed by atoms with van der Waals surface area (Å²) in [7, 11) is -1.98. The standard InChI is InChI=1S/C24H19ClP/c25-20-16-18-24(19-17-20)26(21-10-4-1-5-11-21,22-12-6-2-7-13-22)23-14-8-3-9-15-23/h1-19H/q+1. The van der Waals surface area contributed by atoms with Gasteiger partial charge >= 0.3 is 0 Å². The van der Waals surface area contributed by atoms with E-state index in [0.717, 1.165) is 5.02 Å². The van der Waals surface area contributed by atoms with Crippen LogP contribution in [0.4, 0.5) is 0 Å². The molecule has 0 N–H and O–H groups in total. The molecular formula is C24H19ClP+. The number of hydrogen-bond donors (Lipinski definition) is 0. The molecule has 0 bridgehead atoms. The van der Waals surface area contributed by atoms with Gasteiger partial charge in [0, 0.05) is 5.02 Å². The van der Waals surface area contributed by atoms with Crippen LogP contribution in [0.5, 0.6) is 0 Å². The van der Waals surface area contributed by atoms with Gasteiger partial charge in [-0.25, -0.2) is 0 Å². The van der Waals surface area contributed by atoms with E-state index in [1.807, 2.05) is 12.1 Å². The molecule has 0 saturated carbocycles. The fourth-order valence-electron chi connectivity index (χ4n) is 3.51. The monoisotopic (exact) mass is 373 g/mol. The Morgan fingerprint density at radius 1 is 0.385 bits per heavy atom. The molecule has 4 aromatic rings. The third kappa shape index (κ3) is 2.97. The Bertz CT molecular complexity index is 868. The SMILES string of the molecule is Clc1ccc([P+](c2ccccc2)(c2ccccc2)c2ccccc2)cc1. The van der Waals surface area contributed by atoms with Gasteiger partial charge in [0.15, 0.2) is 0 Å². The average Bonchev–Trinajstić information content (AvgIpc) is 2.72. The molecule has 4 aromatic carbocycles. The molecule has 4 rings (SSSR count). The first-order chi connectivity index (χ1) is 12.8. The van der Waals surface area contributed by atoms with E-state index < -0.39 is 7.26 Å². The van der Waals surface area contributed by atoms with Crippen LogP contribution in [0.25, 0.3) is 0 Å². The summed E-state index contributed by atoms with van der Waals surface area (Å²) in [4.78, 5) is 0. The van der Waals surface area contributed by atoms with Crippen molar-refractivity contribution in [3.8, 4) is 0 Å². The zero-order chi connectivity index (χ0) is 17.8. The molecule has 0 unspecified atom stereocenters. The van der Waals surface area contributed by atoms with Gasteiger partial charge in [0.25, 0.3) is 0 Å². The molecule has 126 valence electrons. The molecule has 0 atom stereocenters. The van der Waals surface area contributed by atoms with Crippen LogP contribution in [-0.4, -0.2) is 0 Å². The first-order valence-corrected chi connectivity index (χ1v) is 10.8. The van der Waals surface area contributed by atoms with E-state index in [4.69, 9.17) is 11.6 Å². The van der Waals surface area contributed by atoms with Crippen molar-refractivity contribution in [2.24, 2.45) is 0 Å². The summed E-state index contributed by atoms with van der Waals surface area (Å²) in [5.41, 5.74) is 0. The Morgan fingerprint density at radius 2 is 0.692 bits per heavy atom. The summed E-state index contributed by atoms with van der Waals surface area (Å²) in [6, 6.07) is 40.9. The van der Waals surface area contributed by atoms with Crippen molar-refractivity contribution in [1.29, 1.82) is 0 Å². The van der Waals surface area contributed by atoms with Crippen molar-refractivity contribution in [1.82, 2.24) is 0 Å². The van der Waals surface area contributed by atoms with Crippen LogP contribution in [0, 0.1) is 0 Å². The lowest BCUT2D eigenvalue weighted by molar-refractivity contribution is 1.70. The summed E-state index contributed by atoms with van der Waals surface area (Å²) in [5, 5.41) is 6.12. The van der Waals surface area contributed by atoms with Crippen LogP contribution in [0.15, 0.2) is 115 Å². The normalized spacial score (nSPS) is 11.3. The lowest BCUT2D eigenvalue weighted by Crippen LogP contribution is -2.38. The van der Waals surface area contributed by atoms with Crippen LogP contribution in [-0.2, 0) is 0 Å². The lowest BCUT2D eigenvalue weighted by atomic mass is 10.3. The van der Waals surface area contributed by atoms with Crippen molar-refractivity contribution < 1.29 is 0 Å². The minimum absolute atomic E-state index is 0.765. The van der Waals surface area contributed by atoms with Gasteiger partial charge in [0.05, 0.1) is 0 Å². The molecule has 0 fully saturated rings. The summed E-state index contributed by atoms with van der Waals surface area (Å²) >= 11 is 6.21. The van der Waals surface area contributed by atoms with Crippen LogP contribution >= 0.6 is 18.9 Å². The summed E-state index contributed by atoms with van der Waals surface area (Å²) in [6.45, 7) is 0. The molecule has 0 amide bonds. The molecule has 0 aliphatic heterocycles. The fourth-order valence-corrected chi connectivity index (χ4v) is 7.88.